The van der Waals surface area contributed by atoms with Gasteiger partial charge in [-0.3, -0.25) is 0 Å². The molecule has 0 aliphatic heterocycles. The van der Waals surface area contributed by atoms with Crippen LogP contribution in [0.1, 0.15) is 17.5 Å². The van der Waals surface area contributed by atoms with Gasteiger partial charge in [0.25, 0.3) is 0 Å². The zero-order valence-electron chi connectivity index (χ0n) is 7.29. The van der Waals surface area contributed by atoms with Gasteiger partial charge in [0.2, 0.25) is 0 Å². The molecule has 0 radical (unpaired) electrons. The lowest BCUT2D eigenvalue weighted by Gasteiger charge is -2.21. The van der Waals surface area contributed by atoms with Crippen molar-refractivity contribution in [2.24, 2.45) is 5.73 Å². The molecular formula is C10H13ClFN. The maximum Gasteiger partial charge on any atom is 0.126 e. The second-order valence-electron chi connectivity index (χ2n) is 3.38. The molecule has 1 aliphatic rings. The Kier molecular flexibility index (Phi) is 3.28. The number of hydrogen-bond donors (Lipinski definition) is 1. The van der Waals surface area contributed by atoms with Crippen molar-refractivity contribution in [3.8, 4) is 0 Å². The highest BCUT2D eigenvalue weighted by atomic mass is 35.5. The minimum Gasteiger partial charge on any atom is -0.327 e. The maximum atomic E-state index is 13.2. The average molecular weight is 202 g/mol. The topological polar surface area (TPSA) is 26.0 Å². The first kappa shape index (κ1) is 10.5. The Morgan fingerprint density at radius 3 is 2.92 bits per heavy atom. The Hall–Kier alpha value is -0.600. The molecule has 2 N–H and O–H groups in total. The van der Waals surface area contributed by atoms with E-state index in [2.05, 4.69) is 0 Å². The standard InChI is InChI=1S/C10H12FN.ClH/c11-10-3-1-2-7-6-8(12)4-5-9(7)10;/h1-3,8H,4-6,12H2;1H/t8-;/m0./s1. The summed E-state index contributed by atoms with van der Waals surface area (Å²) in [6.45, 7) is 0. The molecule has 1 aromatic rings. The van der Waals surface area contributed by atoms with Crippen LogP contribution >= 0.6 is 12.4 Å². The molecule has 0 amide bonds. The molecule has 1 aliphatic carbocycles. The van der Waals surface area contributed by atoms with E-state index in [4.69, 9.17) is 5.73 Å². The van der Waals surface area contributed by atoms with Crippen molar-refractivity contribution in [1.82, 2.24) is 0 Å². The minimum absolute atomic E-state index is 0. The van der Waals surface area contributed by atoms with Crippen LogP contribution in [0.4, 0.5) is 4.39 Å². The Balaban J connectivity index is 0.000000845. The van der Waals surface area contributed by atoms with Crippen LogP contribution in [0.3, 0.4) is 0 Å². The molecule has 3 heteroatoms. The fraction of sp³-hybridized carbons (Fsp3) is 0.400. The van der Waals surface area contributed by atoms with E-state index in [9.17, 15) is 4.39 Å². The summed E-state index contributed by atoms with van der Waals surface area (Å²) in [6, 6.07) is 5.47. The van der Waals surface area contributed by atoms with E-state index in [1.807, 2.05) is 6.07 Å². The molecule has 0 unspecified atom stereocenters. The van der Waals surface area contributed by atoms with Crippen LogP contribution in [0, 0.1) is 5.82 Å². The van der Waals surface area contributed by atoms with Gasteiger partial charge in [-0.2, -0.15) is 0 Å². The van der Waals surface area contributed by atoms with Crippen molar-refractivity contribution in [3.63, 3.8) is 0 Å². The number of rotatable bonds is 0. The van der Waals surface area contributed by atoms with Crippen molar-refractivity contribution in [2.45, 2.75) is 25.3 Å². The maximum absolute atomic E-state index is 13.2. The van der Waals surface area contributed by atoms with E-state index in [1.165, 1.54) is 6.07 Å². The molecule has 72 valence electrons. The lowest BCUT2D eigenvalue weighted by atomic mass is 9.88. The SMILES string of the molecule is Cl.N[C@H]1CCc2c(F)cccc2C1. The second-order valence-corrected chi connectivity index (χ2v) is 3.38. The predicted octanol–water partition coefficient (Wildman–Crippen LogP) is 2.06. The zero-order chi connectivity index (χ0) is 8.55. The quantitative estimate of drug-likeness (QED) is 0.683. The van der Waals surface area contributed by atoms with E-state index in [-0.39, 0.29) is 24.3 Å². The highest BCUT2D eigenvalue weighted by Crippen LogP contribution is 2.22. The first-order valence-electron chi connectivity index (χ1n) is 4.29. The van der Waals surface area contributed by atoms with E-state index in [1.54, 1.807) is 6.07 Å². The summed E-state index contributed by atoms with van der Waals surface area (Å²) in [7, 11) is 0. The molecule has 1 atom stereocenters. The molecule has 1 aromatic carbocycles. The molecule has 2 rings (SSSR count). The summed E-state index contributed by atoms with van der Waals surface area (Å²) in [4.78, 5) is 0. The van der Waals surface area contributed by atoms with Crippen molar-refractivity contribution in [2.75, 3.05) is 0 Å². The highest BCUT2D eigenvalue weighted by Gasteiger charge is 2.17. The number of fused-ring (bicyclic) bond motifs is 1. The van der Waals surface area contributed by atoms with Gasteiger partial charge in [-0.05, 0) is 36.5 Å². The molecule has 0 fully saturated rings. The summed E-state index contributed by atoms with van der Waals surface area (Å²) in [6.07, 6.45) is 2.53. The van der Waals surface area contributed by atoms with Gasteiger partial charge < -0.3 is 5.73 Å². The Bertz CT molecular complexity index is 301. The van der Waals surface area contributed by atoms with Crippen LogP contribution in [0.15, 0.2) is 18.2 Å². The van der Waals surface area contributed by atoms with E-state index < -0.39 is 0 Å². The van der Waals surface area contributed by atoms with Crippen LogP contribution in [-0.2, 0) is 12.8 Å². The first-order chi connectivity index (χ1) is 5.77. The van der Waals surface area contributed by atoms with E-state index >= 15 is 0 Å². The second kappa shape index (κ2) is 4.07. The Morgan fingerprint density at radius 2 is 2.15 bits per heavy atom. The zero-order valence-corrected chi connectivity index (χ0v) is 8.11. The summed E-state index contributed by atoms with van der Waals surface area (Å²) >= 11 is 0. The third-order valence-electron chi connectivity index (χ3n) is 2.46. The molecule has 13 heavy (non-hydrogen) atoms. The van der Waals surface area contributed by atoms with Crippen LogP contribution in [-0.4, -0.2) is 6.04 Å². The first-order valence-corrected chi connectivity index (χ1v) is 4.29. The van der Waals surface area contributed by atoms with Crippen LogP contribution in [0.5, 0.6) is 0 Å². The smallest absolute Gasteiger partial charge is 0.126 e. The van der Waals surface area contributed by atoms with Gasteiger partial charge in [-0.25, -0.2) is 4.39 Å². The van der Waals surface area contributed by atoms with Gasteiger partial charge in [0.05, 0.1) is 0 Å². The number of nitrogens with two attached hydrogens (primary N) is 1. The molecule has 0 saturated heterocycles. The van der Waals surface area contributed by atoms with Gasteiger partial charge in [0.15, 0.2) is 0 Å². The van der Waals surface area contributed by atoms with E-state index in [0.29, 0.717) is 0 Å². The summed E-state index contributed by atoms with van der Waals surface area (Å²) in [5.74, 6) is -0.0700. The minimum atomic E-state index is -0.0700. The molecule has 0 aromatic heterocycles. The van der Waals surface area contributed by atoms with Gasteiger partial charge >= 0.3 is 0 Å². The Morgan fingerprint density at radius 1 is 1.38 bits per heavy atom. The van der Waals surface area contributed by atoms with Crippen LogP contribution in [0.25, 0.3) is 0 Å². The predicted molar refractivity (Wildman–Crippen MR) is 53.6 cm³/mol. The van der Waals surface area contributed by atoms with Gasteiger partial charge in [0, 0.05) is 6.04 Å². The Labute approximate surface area is 83.5 Å². The van der Waals surface area contributed by atoms with Crippen LogP contribution < -0.4 is 5.73 Å². The highest BCUT2D eigenvalue weighted by molar-refractivity contribution is 5.85. The normalized spacial score (nSPS) is 20.3. The van der Waals surface area contributed by atoms with Gasteiger partial charge in [-0.1, -0.05) is 12.1 Å². The average Bonchev–Trinajstić information content (AvgIpc) is 2.04. The molecule has 0 bridgehead atoms. The fourth-order valence-corrected chi connectivity index (χ4v) is 1.79. The third-order valence-corrected chi connectivity index (χ3v) is 2.46. The number of benzene rings is 1. The lowest BCUT2D eigenvalue weighted by Crippen LogP contribution is -2.28. The number of halogens is 2. The monoisotopic (exact) mass is 201 g/mol. The summed E-state index contributed by atoms with van der Waals surface area (Å²) < 4.78 is 13.2. The number of hydrogen-bond acceptors (Lipinski definition) is 1. The molecule has 0 saturated carbocycles. The van der Waals surface area contributed by atoms with Gasteiger partial charge in [0.1, 0.15) is 5.82 Å². The van der Waals surface area contributed by atoms with Crippen molar-refractivity contribution in [1.29, 1.82) is 0 Å². The molecule has 1 nitrogen and oxygen atoms in total. The molecular weight excluding hydrogens is 189 g/mol. The fourth-order valence-electron chi connectivity index (χ4n) is 1.79. The summed E-state index contributed by atoms with van der Waals surface area (Å²) in [5.41, 5.74) is 7.74. The largest absolute Gasteiger partial charge is 0.327 e. The van der Waals surface area contributed by atoms with E-state index in [0.717, 1.165) is 30.4 Å². The lowest BCUT2D eigenvalue weighted by molar-refractivity contribution is 0.537. The van der Waals surface area contributed by atoms with Crippen molar-refractivity contribution in [3.05, 3.63) is 35.1 Å². The molecule has 0 spiro atoms. The van der Waals surface area contributed by atoms with Crippen LogP contribution in [0.2, 0.25) is 0 Å². The van der Waals surface area contributed by atoms with Crippen molar-refractivity contribution >= 4 is 12.4 Å². The molecule has 0 heterocycles. The third kappa shape index (κ3) is 2.01. The summed E-state index contributed by atoms with van der Waals surface area (Å²) in [5, 5.41) is 0. The van der Waals surface area contributed by atoms with Gasteiger partial charge in [-0.15, -0.1) is 12.4 Å². The van der Waals surface area contributed by atoms with Crippen molar-refractivity contribution < 1.29 is 4.39 Å².